The number of amides is 1. The van der Waals surface area contributed by atoms with Gasteiger partial charge < -0.3 is 25.3 Å². The van der Waals surface area contributed by atoms with Crippen LogP contribution in [0.1, 0.15) is 6.42 Å². The molecule has 0 atom stereocenters. The van der Waals surface area contributed by atoms with Gasteiger partial charge in [0.25, 0.3) is 0 Å². The van der Waals surface area contributed by atoms with Crippen molar-refractivity contribution < 1.29 is 19.0 Å². The number of carbonyl (C=O) groups is 1. The molecule has 1 amide bonds. The van der Waals surface area contributed by atoms with Gasteiger partial charge in [-0.2, -0.15) is 0 Å². The second-order valence-corrected chi connectivity index (χ2v) is 3.23. The first kappa shape index (κ1) is 15.3. The first-order chi connectivity index (χ1) is 7.77. The zero-order chi connectivity index (χ0) is 12.1. The van der Waals surface area contributed by atoms with Crippen LogP contribution in [0.3, 0.4) is 0 Å². The Morgan fingerprint density at radius 1 is 1.12 bits per heavy atom. The number of methoxy groups -OCH3 is 1. The van der Waals surface area contributed by atoms with E-state index in [9.17, 15) is 4.79 Å². The molecular weight excluding hydrogens is 212 g/mol. The molecule has 0 saturated heterocycles. The summed E-state index contributed by atoms with van der Waals surface area (Å²) >= 11 is 0. The summed E-state index contributed by atoms with van der Waals surface area (Å²) in [5.74, 6) is -0.443. The third-order valence-electron chi connectivity index (χ3n) is 1.73. The van der Waals surface area contributed by atoms with E-state index in [-0.39, 0.29) is 6.61 Å². The minimum Gasteiger partial charge on any atom is -0.385 e. The summed E-state index contributed by atoms with van der Waals surface area (Å²) in [7, 11) is 1.67. The van der Waals surface area contributed by atoms with Crippen LogP contribution in [0.5, 0.6) is 0 Å². The lowest BCUT2D eigenvalue weighted by molar-refractivity contribution is -0.122. The van der Waals surface area contributed by atoms with Crippen LogP contribution >= 0.6 is 0 Å². The van der Waals surface area contributed by atoms with E-state index in [0.717, 1.165) is 19.6 Å². The Kier molecular flexibility index (Phi) is 11.8. The Bertz CT molecular complexity index is 167. The Morgan fingerprint density at radius 2 is 1.81 bits per heavy atom. The molecule has 0 saturated carbocycles. The third-order valence-corrected chi connectivity index (χ3v) is 1.73. The fourth-order valence-corrected chi connectivity index (χ4v) is 0.994. The first-order valence-electron chi connectivity index (χ1n) is 5.41. The van der Waals surface area contributed by atoms with E-state index < -0.39 is 5.91 Å². The molecule has 6 nitrogen and oxygen atoms in total. The van der Waals surface area contributed by atoms with Crippen LogP contribution in [-0.2, 0) is 19.0 Å². The van der Waals surface area contributed by atoms with Crippen LogP contribution in [0.15, 0.2) is 0 Å². The van der Waals surface area contributed by atoms with Crippen LogP contribution in [0.25, 0.3) is 0 Å². The average Bonchev–Trinajstić information content (AvgIpc) is 2.25. The van der Waals surface area contributed by atoms with Crippen molar-refractivity contribution >= 4 is 5.91 Å². The first-order valence-corrected chi connectivity index (χ1v) is 5.41. The molecule has 0 unspecified atom stereocenters. The van der Waals surface area contributed by atoms with E-state index in [2.05, 4.69) is 5.32 Å². The summed E-state index contributed by atoms with van der Waals surface area (Å²) < 4.78 is 15.2. The molecule has 0 fully saturated rings. The number of rotatable bonds is 12. The molecule has 0 aliphatic rings. The fourth-order valence-electron chi connectivity index (χ4n) is 0.994. The quantitative estimate of drug-likeness (QED) is 0.429. The molecule has 0 heterocycles. The van der Waals surface area contributed by atoms with E-state index in [0.29, 0.717) is 26.4 Å². The van der Waals surface area contributed by atoms with Gasteiger partial charge in [0, 0.05) is 33.4 Å². The topological polar surface area (TPSA) is 82.8 Å². The van der Waals surface area contributed by atoms with Crippen LogP contribution in [0, 0.1) is 0 Å². The molecule has 0 aliphatic carbocycles. The number of hydrogen-bond acceptors (Lipinski definition) is 5. The van der Waals surface area contributed by atoms with Crippen molar-refractivity contribution in [2.75, 3.05) is 53.2 Å². The second kappa shape index (κ2) is 12.4. The molecule has 0 bridgehead atoms. The maximum Gasteiger partial charge on any atom is 0.243 e. The van der Waals surface area contributed by atoms with Crippen LogP contribution in [0.4, 0.5) is 0 Å². The summed E-state index contributed by atoms with van der Waals surface area (Å²) in [6, 6.07) is 0. The summed E-state index contributed by atoms with van der Waals surface area (Å²) in [5, 5.41) is 3.12. The molecule has 0 radical (unpaired) electrons. The Balaban J connectivity index is 2.90. The molecule has 0 aromatic carbocycles. The maximum atomic E-state index is 10.3. The zero-order valence-corrected chi connectivity index (χ0v) is 9.87. The van der Waals surface area contributed by atoms with Crippen LogP contribution in [-0.4, -0.2) is 59.1 Å². The highest BCUT2D eigenvalue weighted by Gasteiger charge is 1.93. The van der Waals surface area contributed by atoms with Gasteiger partial charge in [-0.25, -0.2) is 0 Å². The van der Waals surface area contributed by atoms with Crippen molar-refractivity contribution in [3.63, 3.8) is 0 Å². The Labute approximate surface area is 96.4 Å². The molecule has 0 aromatic heterocycles. The van der Waals surface area contributed by atoms with Crippen molar-refractivity contribution in [2.45, 2.75) is 6.42 Å². The highest BCUT2D eigenvalue weighted by atomic mass is 16.5. The predicted molar refractivity (Wildman–Crippen MR) is 60.2 cm³/mol. The largest absolute Gasteiger partial charge is 0.385 e. The maximum absolute atomic E-state index is 10.3. The highest BCUT2D eigenvalue weighted by molar-refractivity contribution is 5.74. The van der Waals surface area contributed by atoms with Gasteiger partial charge in [0.2, 0.25) is 5.91 Å². The molecule has 16 heavy (non-hydrogen) atoms. The van der Waals surface area contributed by atoms with Crippen LogP contribution in [0.2, 0.25) is 0 Å². The number of primary amides is 1. The Hall–Kier alpha value is -0.690. The molecule has 96 valence electrons. The lowest BCUT2D eigenvalue weighted by Gasteiger charge is -2.06. The van der Waals surface area contributed by atoms with Gasteiger partial charge in [-0.3, -0.25) is 4.79 Å². The van der Waals surface area contributed by atoms with Gasteiger partial charge >= 0.3 is 0 Å². The number of ether oxygens (including phenoxy) is 3. The van der Waals surface area contributed by atoms with Crippen molar-refractivity contribution in [3.8, 4) is 0 Å². The van der Waals surface area contributed by atoms with Gasteiger partial charge in [-0.05, 0) is 6.42 Å². The lowest BCUT2D eigenvalue weighted by Crippen LogP contribution is -2.26. The lowest BCUT2D eigenvalue weighted by atomic mass is 10.5. The second-order valence-electron chi connectivity index (χ2n) is 3.23. The van der Waals surface area contributed by atoms with E-state index in [1.807, 2.05) is 0 Å². The minimum absolute atomic E-state index is 0.0187. The summed E-state index contributed by atoms with van der Waals surface area (Å²) in [4.78, 5) is 10.3. The molecule has 3 N–H and O–H groups in total. The standard InChI is InChI=1S/C10H22N2O4/c1-14-5-2-6-15-7-3-12-4-8-16-9-10(11)13/h12H,2-9H2,1H3,(H2,11,13). The zero-order valence-electron chi connectivity index (χ0n) is 9.87. The Morgan fingerprint density at radius 3 is 2.44 bits per heavy atom. The van der Waals surface area contributed by atoms with Gasteiger partial charge in [0.1, 0.15) is 6.61 Å². The van der Waals surface area contributed by atoms with Gasteiger partial charge in [0.05, 0.1) is 13.2 Å². The molecule has 6 heteroatoms. The number of hydrogen-bond donors (Lipinski definition) is 2. The molecule has 0 spiro atoms. The van der Waals surface area contributed by atoms with E-state index in [1.165, 1.54) is 0 Å². The van der Waals surface area contributed by atoms with Gasteiger partial charge in [-0.1, -0.05) is 0 Å². The van der Waals surface area contributed by atoms with Gasteiger partial charge in [0.15, 0.2) is 0 Å². The van der Waals surface area contributed by atoms with E-state index in [1.54, 1.807) is 7.11 Å². The third kappa shape index (κ3) is 13.3. The number of nitrogens with one attached hydrogen (secondary N) is 1. The predicted octanol–water partition coefficient (Wildman–Crippen LogP) is -0.869. The van der Waals surface area contributed by atoms with Crippen molar-refractivity contribution in [1.82, 2.24) is 5.32 Å². The molecular formula is C10H22N2O4. The number of carbonyl (C=O) groups excluding carboxylic acids is 1. The minimum atomic E-state index is -0.443. The van der Waals surface area contributed by atoms with E-state index in [4.69, 9.17) is 19.9 Å². The average molecular weight is 234 g/mol. The normalized spacial score (nSPS) is 10.6. The summed E-state index contributed by atoms with van der Waals surface area (Å²) in [6.45, 7) is 4.03. The smallest absolute Gasteiger partial charge is 0.243 e. The van der Waals surface area contributed by atoms with Gasteiger partial charge in [-0.15, -0.1) is 0 Å². The molecule has 0 aliphatic heterocycles. The van der Waals surface area contributed by atoms with Crippen molar-refractivity contribution in [3.05, 3.63) is 0 Å². The molecule has 0 aromatic rings. The SMILES string of the molecule is COCCCOCCNCCOCC(N)=O. The monoisotopic (exact) mass is 234 g/mol. The van der Waals surface area contributed by atoms with Crippen molar-refractivity contribution in [2.24, 2.45) is 5.73 Å². The van der Waals surface area contributed by atoms with E-state index >= 15 is 0 Å². The van der Waals surface area contributed by atoms with Crippen molar-refractivity contribution in [1.29, 1.82) is 0 Å². The number of nitrogens with two attached hydrogens (primary N) is 1. The highest BCUT2D eigenvalue weighted by Crippen LogP contribution is 1.82. The summed E-state index contributed by atoms with van der Waals surface area (Å²) in [5.41, 5.74) is 4.90. The molecule has 0 rings (SSSR count). The fraction of sp³-hybridized carbons (Fsp3) is 0.900. The van der Waals surface area contributed by atoms with Crippen LogP contribution < -0.4 is 11.1 Å². The summed E-state index contributed by atoms with van der Waals surface area (Å²) in [6.07, 6.45) is 0.915.